The Morgan fingerprint density at radius 1 is 1.23 bits per heavy atom. The SMILES string of the molecule is C=C1[C@H](C)N=C(c2[nH]c(=O)ccc2Cl)c2c(ccc(C(F)(F)F)c2Cl)N1C=C(C)C. The fraction of sp³-hybridized carbons (Fsp3) is 0.238. The number of nitrogens with zero attached hydrogens (tertiary/aromatic N) is 2. The van der Waals surface area contributed by atoms with Crippen LogP contribution in [-0.4, -0.2) is 16.7 Å². The van der Waals surface area contributed by atoms with E-state index >= 15 is 0 Å². The first kappa shape index (κ1) is 22.2. The second-order valence-electron chi connectivity index (χ2n) is 7.09. The summed E-state index contributed by atoms with van der Waals surface area (Å²) in [6.07, 6.45) is -2.93. The monoisotopic (exact) mass is 455 g/mol. The molecule has 0 unspecified atom stereocenters. The van der Waals surface area contributed by atoms with Crippen molar-refractivity contribution in [3.8, 4) is 0 Å². The number of rotatable bonds is 2. The van der Waals surface area contributed by atoms with Crippen LogP contribution in [0.2, 0.25) is 10.0 Å². The van der Waals surface area contributed by atoms with Crippen LogP contribution < -0.4 is 10.5 Å². The van der Waals surface area contributed by atoms with Crippen LogP contribution in [0.15, 0.2) is 58.1 Å². The molecule has 1 N–H and O–H groups in total. The molecule has 30 heavy (non-hydrogen) atoms. The standard InChI is InChI=1S/C21H18Cl2F3N3O/c1-10(2)9-29-12(4)11(3)27-20(19-14(22)6-8-16(30)28-19)17-15(29)7-5-13(18(17)23)21(24,25)26/h5-9,11H,4H2,1-3H3,(H,28,30)/t11-/m0/s1. The minimum absolute atomic E-state index is 0.0123. The number of hydrogen-bond donors (Lipinski definition) is 1. The molecule has 1 aromatic carbocycles. The maximum absolute atomic E-state index is 13.6. The summed E-state index contributed by atoms with van der Waals surface area (Å²) in [5, 5.41) is -0.408. The highest BCUT2D eigenvalue weighted by Crippen LogP contribution is 2.43. The number of benzene rings is 1. The number of benzodiazepines with no additional fused rings is 1. The van der Waals surface area contributed by atoms with Gasteiger partial charge in [0.15, 0.2) is 0 Å². The number of pyridine rings is 1. The van der Waals surface area contributed by atoms with Crippen LogP contribution in [0.1, 0.15) is 37.6 Å². The van der Waals surface area contributed by atoms with Crippen molar-refractivity contribution < 1.29 is 13.2 Å². The number of halogens is 5. The van der Waals surface area contributed by atoms with E-state index in [-0.39, 0.29) is 22.0 Å². The van der Waals surface area contributed by atoms with Gasteiger partial charge in [0.2, 0.25) is 5.56 Å². The van der Waals surface area contributed by atoms with Crippen molar-refractivity contribution in [1.82, 2.24) is 4.98 Å². The summed E-state index contributed by atoms with van der Waals surface area (Å²) in [7, 11) is 0. The number of aromatic nitrogens is 1. The third-order valence-electron chi connectivity index (χ3n) is 4.53. The van der Waals surface area contributed by atoms with Crippen LogP contribution in [-0.2, 0) is 6.18 Å². The predicted octanol–water partition coefficient (Wildman–Crippen LogP) is 6.18. The second kappa shape index (κ2) is 7.96. The topological polar surface area (TPSA) is 48.5 Å². The Bertz CT molecular complexity index is 1150. The molecule has 0 bridgehead atoms. The molecule has 0 amide bonds. The Labute approximate surface area is 181 Å². The zero-order valence-corrected chi connectivity index (χ0v) is 17.9. The number of aliphatic imine (C=N–C) groups is 1. The normalized spacial score (nSPS) is 16.7. The number of fused-ring (bicyclic) bond motifs is 1. The molecule has 2 heterocycles. The van der Waals surface area contributed by atoms with E-state index in [2.05, 4.69) is 16.6 Å². The molecule has 4 nitrogen and oxygen atoms in total. The van der Waals surface area contributed by atoms with E-state index < -0.39 is 28.4 Å². The maximum Gasteiger partial charge on any atom is 0.417 e. The lowest BCUT2D eigenvalue weighted by molar-refractivity contribution is -0.137. The van der Waals surface area contributed by atoms with Crippen molar-refractivity contribution in [1.29, 1.82) is 0 Å². The summed E-state index contributed by atoms with van der Waals surface area (Å²) in [4.78, 5) is 20.7. The van der Waals surface area contributed by atoms with Crippen LogP contribution >= 0.6 is 23.2 Å². The molecule has 0 saturated heterocycles. The molecule has 2 aromatic rings. The molecular formula is C21H18Cl2F3N3O. The highest BCUT2D eigenvalue weighted by atomic mass is 35.5. The third-order valence-corrected chi connectivity index (χ3v) is 5.24. The average Bonchev–Trinajstić information content (AvgIpc) is 2.73. The zero-order valence-electron chi connectivity index (χ0n) is 16.4. The summed E-state index contributed by atoms with van der Waals surface area (Å²) in [5.41, 5.74) is 0.437. The molecule has 1 aliphatic heterocycles. The van der Waals surface area contributed by atoms with Gasteiger partial charge in [0.1, 0.15) is 0 Å². The van der Waals surface area contributed by atoms with Gasteiger partial charge in [-0.15, -0.1) is 0 Å². The van der Waals surface area contributed by atoms with Crippen molar-refractivity contribution in [3.63, 3.8) is 0 Å². The molecule has 1 aromatic heterocycles. The van der Waals surface area contributed by atoms with Gasteiger partial charge < -0.3 is 9.88 Å². The van der Waals surface area contributed by atoms with Gasteiger partial charge in [-0.1, -0.05) is 35.4 Å². The van der Waals surface area contributed by atoms with E-state index in [1.807, 2.05) is 13.8 Å². The first-order chi connectivity index (χ1) is 13.9. The first-order valence-electron chi connectivity index (χ1n) is 8.92. The van der Waals surface area contributed by atoms with E-state index in [9.17, 15) is 18.0 Å². The largest absolute Gasteiger partial charge is 0.417 e. The molecule has 0 fully saturated rings. The fourth-order valence-electron chi connectivity index (χ4n) is 3.13. The maximum atomic E-state index is 13.6. The first-order valence-corrected chi connectivity index (χ1v) is 9.67. The zero-order chi connectivity index (χ0) is 22.4. The molecule has 3 rings (SSSR count). The second-order valence-corrected chi connectivity index (χ2v) is 7.87. The summed E-state index contributed by atoms with van der Waals surface area (Å²) in [6, 6.07) is 4.28. The van der Waals surface area contributed by atoms with E-state index in [4.69, 9.17) is 23.2 Å². The van der Waals surface area contributed by atoms with E-state index in [1.165, 1.54) is 18.2 Å². The lowest BCUT2D eigenvalue weighted by Crippen LogP contribution is -2.22. The van der Waals surface area contributed by atoms with E-state index in [0.29, 0.717) is 11.4 Å². The lowest BCUT2D eigenvalue weighted by atomic mass is 10.00. The van der Waals surface area contributed by atoms with Crippen molar-refractivity contribution in [2.75, 3.05) is 4.90 Å². The van der Waals surface area contributed by atoms with Crippen molar-refractivity contribution in [3.05, 3.63) is 85.5 Å². The smallest absolute Gasteiger partial charge is 0.319 e. The molecule has 0 aliphatic carbocycles. The van der Waals surface area contributed by atoms with Crippen LogP contribution in [0.3, 0.4) is 0 Å². The Morgan fingerprint density at radius 3 is 2.50 bits per heavy atom. The number of alkyl halides is 3. The Kier molecular flexibility index (Phi) is 5.89. The summed E-state index contributed by atoms with van der Waals surface area (Å²) < 4.78 is 40.8. The molecule has 1 aliphatic rings. The van der Waals surface area contributed by atoms with Gasteiger partial charge in [0.05, 0.1) is 38.7 Å². The summed E-state index contributed by atoms with van der Waals surface area (Å²) >= 11 is 12.6. The predicted molar refractivity (Wildman–Crippen MR) is 115 cm³/mol. The van der Waals surface area contributed by atoms with E-state index in [1.54, 1.807) is 18.0 Å². The summed E-state index contributed by atoms with van der Waals surface area (Å²) in [5.74, 6) is 0. The molecule has 0 radical (unpaired) electrons. The Balaban J connectivity index is 2.46. The molecule has 1 atom stereocenters. The van der Waals surface area contributed by atoms with Gasteiger partial charge in [-0.25, -0.2) is 0 Å². The van der Waals surface area contributed by atoms with Gasteiger partial charge in [-0.2, -0.15) is 13.2 Å². The quantitative estimate of drug-likeness (QED) is 0.587. The lowest BCUT2D eigenvalue weighted by Gasteiger charge is -2.26. The van der Waals surface area contributed by atoms with Crippen LogP contribution in [0.4, 0.5) is 18.9 Å². The van der Waals surface area contributed by atoms with Crippen LogP contribution in [0.25, 0.3) is 0 Å². The van der Waals surface area contributed by atoms with Gasteiger partial charge in [-0.3, -0.25) is 9.79 Å². The van der Waals surface area contributed by atoms with Crippen LogP contribution in [0.5, 0.6) is 0 Å². The number of H-pyrrole nitrogens is 1. The van der Waals surface area contributed by atoms with Gasteiger partial charge in [0.25, 0.3) is 0 Å². The average molecular weight is 456 g/mol. The number of hydrogen-bond acceptors (Lipinski definition) is 3. The van der Waals surface area contributed by atoms with Gasteiger partial charge >= 0.3 is 6.18 Å². The van der Waals surface area contributed by atoms with Crippen molar-refractivity contribution >= 4 is 34.6 Å². The minimum Gasteiger partial charge on any atom is -0.319 e. The molecule has 0 saturated carbocycles. The number of aromatic amines is 1. The third kappa shape index (κ3) is 4.04. The van der Waals surface area contributed by atoms with E-state index in [0.717, 1.165) is 11.6 Å². The van der Waals surface area contributed by atoms with Gasteiger partial charge in [-0.05, 0) is 39.0 Å². The number of nitrogens with one attached hydrogen (secondary N) is 1. The highest BCUT2D eigenvalue weighted by molar-refractivity contribution is 6.40. The highest BCUT2D eigenvalue weighted by Gasteiger charge is 2.37. The number of anilines is 1. The fourth-order valence-corrected chi connectivity index (χ4v) is 3.68. The van der Waals surface area contributed by atoms with Crippen LogP contribution in [0, 0.1) is 0 Å². The molecule has 9 heteroatoms. The minimum atomic E-state index is -4.68. The van der Waals surface area contributed by atoms with Crippen molar-refractivity contribution in [2.45, 2.75) is 33.0 Å². The molecular weight excluding hydrogens is 438 g/mol. The van der Waals surface area contributed by atoms with Crippen molar-refractivity contribution in [2.24, 2.45) is 4.99 Å². The summed E-state index contributed by atoms with van der Waals surface area (Å²) in [6.45, 7) is 9.50. The Morgan fingerprint density at radius 2 is 1.90 bits per heavy atom. The molecule has 158 valence electrons. The number of allylic oxidation sites excluding steroid dienone is 1. The van der Waals surface area contributed by atoms with Gasteiger partial charge in [0, 0.05) is 23.5 Å². The molecule has 0 spiro atoms. The Hall–Kier alpha value is -2.51.